The maximum atomic E-state index is 13.4. The van der Waals surface area contributed by atoms with Gasteiger partial charge in [-0.3, -0.25) is 9.59 Å². The number of aryl methyl sites for hydroxylation is 1. The number of likely N-dealkylation sites (tertiary alicyclic amines) is 2. The van der Waals surface area contributed by atoms with Crippen molar-refractivity contribution in [2.24, 2.45) is 5.92 Å². The van der Waals surface area contributed by atoms with Gasteiger partial charge in [0.2, 0.25) is 5.91 Å². The van der Waals surface area contributed by atoms with Crippen molar-refractivity contribution >= 4 is 29.2 Å². The Morgan fingerprint density at radius 1 is 1.05 bits per heavy atom. The van der Waals surface area contributed by atoms with Gasteiger partial charge in [0, 0.05) is 61.3 Å². The van der Waals surface area contributed by atoms with E-state index < -0.39 is 0 Å². The molecule has 1 aromatic carbocycles. The molecule has 3 heterocycles. The molecule has 1 aromatic heterocycles. The lowest BCUT2D eigenvalue weighted by Gasteiger charge is -2.42. The lowest BCUT2D eigenvalue weighted by atomic mass is 9.97. The van der Waals surface area contributed by atoms with Crippen molar-refractivity contribution < 1.29 is 9.59 Å². The molecule has 0 unspecified atom stereocenters. The van der Waals surface area contributed by atoms with Crippen molar-refractivity contribution in [3.63, 3.8) is 0 Å². The third-order valence-electron chi connectivity index (χ3n) is 7.88. The Balaban J connectivity index is 1.26. The number of aromatic nitrogens is 2. The monoisotopic (exact) mass is 540 g/mol. The van der Waals surface area contributed by atoms with Gasteiger partial charge in [-0.05, 0) is 63.1 Å². The van der Waals surface area contributed by atoms with Crippen LogP contribution in [0.25, 0.3) is 0 Å². The van der Waals surface area contributed by atoms with E-state index in [0.29, 0.717) is 24.1 Å². The SMILES string of the molecule is Cc1cc(CCNc2ncnc(C(=O)N3CCC(N4CCC(NC(=O)C(C)C)CC4)CC3)c2C)ccc1Cl. The molecule has 2 amide bonds. The van der Waals surface area contributed by atoms with Crippen molar-refractivity contribution in [3.8, 4) is 0 Å². The average molecular weight is 541 g/mol. The zero-order valence-electron chi connectivity index (χ0n) is 23.1. The number of rotatable bonds is 8. The molecule has 2 fully saturated rings. The number of nitrogens with zero attached hydrogens (tertiary/aromatic N) is 4. The van der Waals surface area contributed by atoms with E-state index in [2.05, 4.69) is 31.6 Å². The number of hydrogen-bond acceptors (Lipinski definition) is 6. The fourth-order valence-corrected chi connectivity index (χ4v) is 5.51. The van der Waals surface area contributed by atoms with Gasteiger partial charge < -0.3 is 20.4 Å². The van der Waals surface area contributed by atoms with Crippen LogP contribution in [-0.2, 0) is 11.2 Å². The summed E-state index contributed by atoms with van der Waals surface area (Å²) in [5.74, 6) is 0.857. The quantitative estimate of drug-likeness (QED) is 0.520. The van der Waals surface area contributed by atoms with Crippen LogP contribution in [0.2, 0.25) is 5.02 Å². The van der Waals surface area contributed by atoms with E-state index in [1.54, 1.807) is 0 Å². The summed E-state index contributed by atoms with van der Waals surface area (Å²) in [5, 5.41) is 7.33. The summed E-state index contributed by atoms with van der Waals surface area (Å²) >= 11 is 6.14. The molecule has 0 bridgehead atoms. The highest BCUT2D eigenvalue weighted by atomic mass is 35.5. The number of halogens is 1. The maximum Gasteiger partial charge on any atom is 0.272 e. The van der Waals surface area contributed by atoms with E-state index in [9.17, 15) is 9.59 Å². The van der Waals surface area contributed by atoms with Crippen LogP contribution in [0.3, 0.4) is 0 Å². The second-order valence-corrected chi connectivity index (χ2v) is 11.4. The largest absolute Gasteiger partial charge is 0.369 e. The number of benzene rings is 1. The minimum Gasteiger partial charge on any atom is -0.369 e. The molecule has 4 rings (SSSR count). The van der Waals surface area contributed by atoms with Gasteiger partial charge in [-0.1, -0.05) is 37.6 Å². The average Bonchev–Trinajstić information content (AvgIpc) is 2.92. The summed E-state index contributed by atoms with van der Waals surface area (Å²) in [5.41, 5.74) is 3.54. The molecule has 0 spiro atoms. The van der Waals surface area contributed by atoms with Gasteiger partial charge in [-0.25, -0.2) is 9.97 Å². The van der Waals surface area contributed by atoms with E-state index in [1.165, 1.54) is 11.9 Å². The predicted octanol–water partition coefficient (Wildman–Crippen LogP) is 4.24. The number of anilines is 1. The van der Waals surface area contributed by atoms with Crippen molar-refractivity contribution in [2.75, 3.05) is 38.0 Å². The lowest BCUT2D eigenvalue weighted by molar-refractivity contribution is -0.125. The van der Waals surface area contributed by atoms with Crippen LogP contribution in [0.4, 0.5) is 5.82 Å². The van der Waals surface area contributed by atoms with Gasteiger partial charge in [0.05, 0.1) is 0 Å². The summed E-state index contributed by atoms with van der Waals surface area (Å²) in [6, 6.07) is 6.83. The Morgan fingerprint density at radius 2 is 1.76 bits per heavy atom. The molecule has 2 aliphatic heterocycles. The molecule has 2 saturated heterocycles. The molecule has 2 aromatic rings. The maximum absolute atomic E-state index is 13.4. The van der Waals surface area contributed by atoms with Crippen LogP contribution in [-0.4, -0.2) is 76.4 Å². The number of carbonyl (C=O) groups excluding carboxylic acids is 2. The summed E-state index contributed by atoms with van der Waals surface area (Å²) in [7, 11) is 0. The molecule has 2 N–H and O–H groups in total. The Labute approximate surface area is 231 Å². The number of carbonyl (C=O) groups is 2. The van der Waals surface area contributed by atoms with E-state index in [0.717, 1.165) is 74.4 Å². The van der Waals surface area contributed by atoms with Crippen LogP contribution in [0, 0.1) is 19.8 Å². The van der Waals surface area contributed by atoms with E-state index in [-0.39, 0.29) is 23.8 Å². The Kier molecular flexibility index (Phi) is 9.60. The molecule has 0 atom stereocenters. The molecule has 206 valence electrons. The van der Waals surface area contributed by atoms with Crippen LogP contribution in [0.1, 0.15) is 66.7 Å². The summed E-state index contributed by atoms with van der Waals surface area (Å²) in [6.07, 6.45) is 6.22. The third-order valence-corrected chi connectivity index (χ3v) is 8.31. The van der Waals surface area contributed by atoms with Crippen molar-refractivity contribution in [3.05, 3.63) is 51.9 Å². The van der Waals surface area contributed by atoms with Gasteiger partial charge >= 0.3 is 0 Å². The smallest absolute Gasteiger partial charge is 0.272 e. The predicted molar refractivity (Wildman–Crippen MR) is 152 cm³/mol. The van der Waals surface area contributed by atoms with Gasteiger partial charge in [-0.15, -0.1) is 0 Å². The van der Waals surface area contributed by atoms with Gasteiger partial charge in [0.1, 0.15) is 17.8 Å². The van der Waals surface area contributed by atoms with Crippen molar-refractivity contribution in [1.29, 1.82) is 0 Å². The minimum absolute atomic E-state index is 0.0187. The third kappa shape index (κ3) is 7.03. The number of nitrogens with one attached hydrogen (secondary N) is 2. The Hall–Kier alpha value is -2.71. The van der Waals surface area contributed by atoms with Crippen molar-refractivity contribution in [2.45, 2.75) is 71.9 Å². The first-order valence-corrected chi connectivity index (χ1v) is 14.2. The van der Waals surface area contributed by atoms with E-state index in [4.69, 9.17) is 11.6 Å². The van der Waals surface area contributed by atoms with Gasteiger partial charge in [0.25, 0.3) is 5.91 Å². The second-order valence-electron chi connectivity index (χ2n) is 11.0. The van der Waals surface area contributed by atoms with Gasteiger partial charge in [0.15, 0.2) is 0 Å². The standard InChI is InChI=1S/C29H41ClN6O2/c1-19(2)28(37)34-23-8-13-35(14-9-23)24-10-15-36(16-11-24)29(38)26-21(4)27(33-18-32-26)31-12-7-22-5-6-25(30)20(3)17-22/h5-6,17-19,23-24H,7-16H2,1-4H3,(H,34,37)(H,31,32,33). The van der Waals surface area contributed by atoms with Crippen molar-refractivity contribution in [1.82, 2.24) is 25.1 Å². The van der Waals surface area contributed by atoms with Crippen LogP contribution >= 0.6 is 11.6 Å². The fourth-order valence-electron chi connectivity index (χ4n) is 5.39. The number of piperidine rings is 2. The minimum atomic E-state index is -0.0187. The number of amides is 2. The zero-order valence-corrected chi connectivity index (χ0v) is 23.9. The summed E-state index contributed by atoms with van der Waals surface area (Å²) in [4.78, 5) is 38.6. The van der Waals surface area contributed by atoms with Crippen LogP contribution in [0.15, 0.2) is 24.5 Å². The first kappa shape index (κ1) is 28.3. The molecule has 0 saturated carbocycles. The second kappa shape index (κ2) is 12.9. The lowest BCUT2D eigenvalue weighted by Crippen LogP contribution is -2.52. The topological polar surface area (TPSA) is 90.5 Å². The number of hydrogen-bond donors (Lipinski definition) is 2. The summed E-state index contributed by atoms with van der Waals surface area (Å²) < 4.78 is 0. The zero-order chi connectivity index (χ0) is 27.2. The van der Waals surface area contributed by atoms with E-state index >= 15 is 0 Å². The molecule has 8 nitrogen and oxygen atoms in total. The highest BCUT2D eigenvalue weighted by molar-refractivity contribution is 6.31. The highest BCUT2D eigenvalue weighted by Gasteiger charge is 2.31. The Morgan fingerprint density at radius 3 is 2.42 bits per heavy atom. The molecular formula is C29H41ClN6O2. The van der Waals surface area contributed by atoms with Crippen LogP contribution in [0.5, 0.6) is 0 Å². The normalized spacial score (nSPS) is 17.6. The molecule has 0 aliphatic carbocycles. The first-order chi connectivity index (χ1) is 18.2. The van der Waals surface area contributed by atoms with E-state index in [1.807, 2.05) is 44.7 Å². The highest BCUT2D eigenvalue weighted by Crippen LogP contribution is 2.24. The van der Waals surface area contributed by atoms with Gasteiger partial charge in [-0.2, -0.15) is 0 Å². The molecule has 2 aliphatic rings. The molecule has 9 heteroatoms. The summed E-state index contributed by atoms with van der Waals surface area (Å²) in [6.45, 7) is 12.0. The molecule has 0 radical (unpaired) electrons. The Bertz CT molecular complexity index is 1120. The molecule has 38 heavy (non-hydrogen) atoms. The first-order valence-electron chi connectivity index (χ1n) is 13.9. The fraction of sp³-hybridized carbons (Fsp3) is 0.586. The molecular weight excluding hydrogens is 500 g/mol. The van der Waals surface area contributed by atoms with Crippen LogP contribution < -0.4 is 10.6 Å².